The van der Waals surface area contributed by atoms with Gasteiger partial charge < -0.3 is 29.0 Å². The first-order chi connectivity index (χ1) is 23.1. The van der Waals surface area contributed by atoms with E-state index >= 15 is 0 Å². The lowest BCUT2D eigenvalue weighted by Gasteiger charge is -2.24. The largest absolute Gasteiger partial charge is 0.497 e. The fourth-order valence-electron chi connectivity index (χ4n) is 5.77. The van der Waals surface area contributed by atoms with Gasteiger partial charge in [0.05, 0.1) is 25.4 Å². The van der Waals surface area contributed by atoms with E-state index < -0.39 is 5.60 Å². The lowest BCUT2D eigenvalue weighted by atomic mass is 9.98. The van der Waals surface area contributed by atoms with Gasteiger partial charge in [-0.1, -0.05) is 55.0 Å². The number of hydrogen-bond acceptors (Lipinski definition) is 6. The molecule has 0 bridgehead atoms. The standard InChI is InChI=1S/C40H48N4O4/c1-8-28(2)24-36(42-25-29-14-18-32(46-7)19-15-29)37-35(30-16-20-34(21-17-30)47-33-12-10-9-11-13-33)27-44(38(37)41-6)31-22-23-43(26-31)39(45)48-40(3,4)5/h9-21,24,27,31,41H,8,22-23,25-26H2,1-7H3. The number of carbonyl (C=O) groups is 1. The van der Waals surface area contributed by atoms with Crippen LogP contribution in [0.2, 0.25) is 0 Å². The van der Waals surface area contributed by atoms with Gasteiger partial charge in [-0.3, -0.25) is 4.99 Å². The van der Waals surface area contributed by atoms with Gasteiger partial charge in [0.1, 0.15) is 28.7 Å². The number of hydrogen-bond donors (Lipinski definition) is 1. The van der Waals surface area contributed by atoms with E-state index in [9.17, 15) is 4.79 Å². The molecule has 1 atom stereocenters. The Labute approximate surface area is 285 Å². The number of carbonyl (C=O) groups excluding carboxylic acids is 1. The highest BCUT2D eigenvalue weighted by molar-refractivity contribution is 6.16. The monoisotopic (exact) mass is 648 g/mol. The summed E-state index contributed by atoms with van der Waals surface area (Å²) >= 11 is 0. The Morgan fingerprint density at radius 3 is 2.27 bits per heavy atom. The van der Waals surface area contributed by atoms with Crippen LogP contribution >= 0.6 is 0 Å². The number of nitrogens with zero attached hydrogens (tertiary/aromatic N) is 3. The molecule has 0 saturated carbocycles. The topological polar surface area (TPSA) is 77.3 Å². The predicted molar refractivity (Wildman–Crippen MR) is 195 cm³/mol. The SMILES string of the molecule is CCC(C)=CC(=NCc1ccc(OC)cc1)c1c(-c2ccc(Oc3ccccc3)cc2)cn(C2CCN(C(=O)OC(C)(C)C)C2)c1NC. The Morgan fingerprint density at radius 2 is 1.65 bits per heavy atom. The van der Waals surface area contributed by atoms with Gasteiger partial charge >= 0.3 is 6.09 Å². The third-order valence-electron chi connectivity index (χ3n) is 8.41. The zero-order valence-corrected chi connectivity index (χ0v) is 29.2. The molecule has 0 aliphatic carbocycles. The number of aromatic nitrogens is 1. The smallest absolute Gasteiger partial charge is 0.410 e. The van der Waals surface area contributed by atoms with Gasteiger partial charge in [-0.2, -0.15) is 0 Å². The molecule has 3 aromatic carbocycles. The average Bonchev–Trinajstić information content (AvgIpc) is 3.72. The second-order valence-electron chi connectivity index (χ2n) is 13.1. The molecule has 8 nitrogen and oxygen atoms in total. The van der Waals surface area contributed by atoms with Crippen molar-refractivity contribution in [1.29, 1.82) is 0 Å². The van der Waals surface area contributed by atoms with Gasteiger partial charge in [-0.25, -0.2) is 4.79 Å². The van der Waals surface area contributed by atoms with Crippen LogP contribution < -0.4 is 14.8 Å². The number of rotatable bonds is 11. The van der Waals surface area contributed by atoms with E-state index in [4.69, 9.17) is 19.2 Å². The molecule has 48 heavy (non-hydrogen) atoms. The van der Waals surface area contributed by atoms with Crippen molar-refractivity contribution in [2.45, 2.75) is 65.6 Å². The van der Waals surface area contributed by atoms with E-state index in [1.165, 1.54) is 5.57 Å². The predicted octanol–water partition coefficient (Wildman–Crippen LogP) is 9.53. The van der Waals surface area contributed by atoms with Gasteiger partial charge in [0, 0.05) is 37.5 Å². The molecule has 1 saturated heterocycles. The van der Waals surface area contributed by atoms with Crippen LogP contribution in [0.3, 0.4) is 0 Å². The highest BCUT2D eigenvalue weighted by atomic mass is 16.6. The molecule has 1 N–H and O–H groups in total. The zero-order chi connectivity index (χ0) is 34.3. The van der Waals surface area contributed by atoms with Crippen molar-refractivity contribution in [3.63, 3.8) is 0 Å². The molecule has 5 rings (SSSR count). The molecule has 1 aliphatic heterocycles. The number of benzene rings is 3. The summed E-state index contributed by atoms with van der Waals surface area (Å²) in [4.78, 5) is 20.0. The lowest BCUT2D eigenvalue weighted by Crippen LogP contribution is -2.35. The molecule has 1 aliphatic rings. The molecule has 8 heteroatoms. The minimum absolute atomic E-state index is 0.0623. The summed E-state index contributed by atoms with van der Waals surface area (Å²) in [6.07, 6.45) is 5.84. The molecule has 1 amide bonds. The first kappa shape index (κ1) is 34.4. The second kappa shape index (κ2) is 15.3. The van der Waals surface area contributed by atoms with Crippen molar-refractivity contribution >= 4 is 17.6 Å². The summed E-state index contributed by atoms with van der Waals surface area (Å²) < 4.78 is 19.5. The van der Waals surface area contributed by atoms with Gasteiger partial charge in [-0.05, 0) is 94.1 Å². The van der Waals surface area contributed by atoms with Crippen LogP contribution in [-0.2, 0) is 11.3 Å². The van der Waals surface area contributed by atoms with Crippen LogP contribution in [0.5, 0.6) is 17.2 Å². The Kier molecular flexibility index (Phi) is 10.9. The van der Waals surface area contributed by atoms with Gasteiger partial charge in [0.2, 0.25) is 0 Å². The van der Waals surface area contributed by atoms with Crippen LogP contribution in [0.4, 0.5) is 10.6 Å². The summed E-state index contributed by atoms with van der Waals surface area (Å²) in [5.74, 6) is 3.33. The van der Waals surface area contributed by atoms with Gasteiger partial charge in [0.25, 0.3) is 0 Å². The van der Waals surface area contributed by atoms with E-state index in [0.29, 0.717) is 19.6 Å². The maximum absolute atomic E-state index is 13.0. The van der Waals surface area contributed by atoms with Crippen LogP contribution in [0, 0.1) is 0 Å². The van der Waals surface area contributed by atoms with Gasteiger partial charge in [-0.15, -0.1) is 0 Å². The van der Waals surface area contributed by atoms with Crippen molar-refractivity contribution in [1.82, 2.24) is 9.47 Å². The number of anilines is 1. The number of aliphatic imine (C=N–C) groups is 1. The maximum Gasteiger partial charge on any atom is 0.410 e. The van der Waals surface area contributed by atoms with Crippen LogP contribution in [-0.4, -0.2) is 54.1 Å². The summed E-state index contributed by atoms with van der Waals surface area (Å²) in [6, 6.07) is 26.1. The van der Waals surface area contributed by atoms with E-state index in [0.717, 1.165) is 63.9 Å². The molecule has 1 fully saturated rings. The quantitative estimate of drug-likeness (QED) is 0.164. The van der Waals surface area contributed by atoms with Crippen LogP contribution in [0.15, 0.2) is 102 Å². The number of likely N-dealkylation sites (tertiary alicyclic amines) is 1. The Hall–Kier alpha value is -4.98. The Balaban J connectivity index is 1.58. The Morgan fingerprint density at radius 1 is 0.979 bits per heavy atom. The highest BCUT2D eigenvalue weighted by Crippen LogP contribution is 2.38. The first-order valence-electron chi connectivity index (χ1n) is 16.7. The molecule has 2 heterocycles. The molecular formula is C40H48N4O4. The van der Waals surface area contributed by atoms with E-state index in [2.05, 4.69) is 60.3 Å². The molecular weight excluding hydrogens is 600 g/mol. The average molecular weight is 649 g/mol. The van der Waals surface area contributed by atoms with Crippen molar-refractivity contribution in [2.75, 3.05) is 32.6 Å². The van der Waals surface area contributed by atoms with Crippen molar-refractivity contribution < 1.29 is 19.0 Å². The second-order valence-corrected chi connectivity index (χ2v) is 13.1. The summed E-state index contributed by atoms with van der Waals surface area (Å²) in [5, 5.41) is 3.52. The zero-order valence-electron chi connectivity index (χ0n) is 29.2. The first-order valence-corrected chi connectivity index (χ1v) is 16.7. The molecule has 0 spiro atoms. The molecule has 4 aromatic rings. The number of methoxy groups -OCH3 is 1. The number of para-hydroxylation sites is 1. The summed E-state index contributed by atoms with van der Waals surface area (Å²) in [7, 11) is 3.63. The van der Waals surface area contributed by atoms with Crippen LogP contribution in [0.25, 0.3) is 11.1 Å². The lowest BCUT2D eigenvalue weighted by molar-refractivity contribution is 0.0289. The minimum atomic E-state index is -0.547. The van der Waals surface area contributed by atoms with Crippen molar-refractivity contribution in [3.05, 3.63) is 108 Å². The molecule has 252 valence electrons. The minimum Gasteiger partial charge on any atom is -0.497 e. The van der Waals surface area contributed by atoms with Crippen molar-refractivity contribution in [3.8, 4) is 28.4 Å². The molecule has 0 radical (unpaired) electrons. The highest BCUT2D eigenvalue weighted by Gasteiger charge is 2.33. The third-order valence-corrected chi connectivity index (χ3v) is 8.41. The number of ether oxygens (including phenoxy) is 3. The number of amides is 1. The van der Waals surface area contributed by atoms with Crippen LogP contribution in [0.1, 0.15) is 64.6 Å². The maximum atomic E-state index is 13.0. The van der Waals surface area contributed by atoms with E-state index in [-0.39, 0.29) is 12.1 Å². The number of allylic oxidation sites excluding steroid dienone is 2. The van der Waals surface area contributed by atoms with E-state index in [1.807, 2.05) is 87.3 Å². The molecule has 1 unspecified atom stereocenters. The summed E-state index contributed by atoms with van der Waals surface area (Å²) in [6.45, 7) is 11.7. The van der Waals surface area contributed by atoms with Gasteiger partial charge in [0.15, 0.2) is 0 Å². The van der Waals surface area contributed by atoms with E-state index in [1.54, 1.807) is 7.11 Å². The fraction of sp³-hybridized carbons (Fsp3) is 0.350. The number of nitrogens with one attached hydrogen (secondary N) is 1. The third kappa shape index (κ3) is 8.48. The van der Waals surface area contributed by atoms with Crippen molar-refractivity contribution in [2.24, 2.45) is 4.99 Å². The molecule has 1 aromatic heterocycles. The summed E-state index contributed by atoms with van der Waals surface area (Å²) in [5.41, 5.74) is 5.79. The normalized spacial score (nSPS) is 15.4. The Bertz CT molecular complexity index is 1730. The fourth-order valence-corrected chi connectivity index (χ4v) is 5.77.